The Balaban J connectivity index is 2.58. The molecule has 0 spiro atoms. The fraction of sp³-hybridized carbons (Fsp3) is 0.857. The highest BCUT2D eigenvalue weighted by atomic mass is 35.5. The second kappa shape index (κ2) is 3.63. The van der Waals surface area contributed by atoms with Gasteiger partial charge in [0.15, 0.2) is 0 Å². The van der Waals surface area contributed by atoms with Crippen LogP contribution in [0.4, 0.5) is 0 Å². The van der Waals surface area contributed by atoms with Gasteiger partial charge in [-0.15, -0.1) is 23.2 Å². The lowest BCUT2D eigenvalue weighted by Crippen LogP contribution is -2.29. The van der Waals surface area contributed by atoms with Gasteiger partial charge in [-0.2, -0.15) is 0 Å². The maximum atomic E-state index is 10.8. The molecule has 2 N–H and O–H groups in total. The first-order valence-corrected chi connectivity index (χ1v) is 4.57. The van der Waals surface area contributed by atoms with Crippen LogP contribution in [0.15, 0.2) is 0 Å². The average molecular weight is 196 g/mol. The van der Waals surface area contributed by atoms with Crippen LogP contribution in [-0.2, 0) is 4.79 Å². The number of hydrogen-bond acceptors (Lipinski definition) is 1. The molecular weight excluding hydrogens is 185 g/mol. The summed E-state index contributed by atoms with van der Waals surface area (Å²) < 4.78 is 0. The molecule has 0 radical (unpaired) electrons. The second-order valence-electron chi connectivity index (χ2n) is 2.94. The molecule has 64 valence electrons. The molecular formula is C7H11Cl2NO. The molecule has 0 bridgehead atoms. The molecule has 1 rings (SSSR count). The average Bonchev–Trinajstić information content (AvgIpc) is 2.32. The van der Waals surface area contributed by atoms with Crippen LogP contribution in [0.2, 0.25) is 0 Å². The zero-order valence-corrected chi connectivity index (χ0v) is 7.61. The van der Waals surface area contributed by atoms with Crippen molar-refractivity contribution in [1.82, 2.24) is 0 Å². The van der Waals surface area contributed by atoms with Gasteiger partial charge in [0.1, 0.15) is 4.84 Å². The van der Waals surface area contributed by atoms with Crippen LogP contribution in [0.3, 0.4) is 0 Å². The normalized spacial score (nSPS) is 31.2. The number of hydrogen-bond donors (Lipinski definition) is 1. The van der Waals surface area contributed by atoms with E-state index in [-0.39, 0.29) is 17.7 Å². The van der Waals surface area contributed by atoms with Gasteiger partial charge in [0.25, 0.3) is 0 Å². The fourth-order valence-corrected chi connectivity index (χ4v) is 2.25. The third-order valence-electron chi connectivity index (χ3n) is 2.26. The van der Waals surface area contributed by atoms with Gasteiger partial charge in [-0.05, 0) is 12.8 Å². The Morgan fingerprint density at radius 3 is 2.45 bits per heavy atom. The third-order valence-corrected chi connectivity index (χ3v) is 2.91. The van der Waals surface area contributed by atoms with Crippen molar-refractivity contribution in [2.75, 3.05) is 0 Å². The van der Waals surface area contributed by atoms with Crippen molar-refractivity contribution >= 4 is 29.1 Å². The molecule has 0 aliphatic heterocycles. The predicted octanol–water partition coefficient (Wildman–Crippen LogP) is 1.69. The molecule has 2 atom stereocenters. The van der Waals surface area contributed by atoms with E-state index >= 15 is 0 Å². The highest BCUT2D eigenvalue weighted by molar-refractivity contribution is 6.44. The van der Waals surface area contributed by atoms with Crippen molar-refractivity contribution in [3.05, 3.63) is 0 Å². The monoisotopic (exact) mass is 195 g/mol. The quantitative estimate of drug-likeness (QED) is 0.671. The summed E-state index contributed by atoms with van der Waals surface area (Å²) in [5, 5.41) is 0. The van der Waals surface area contributed by atoms with Crippen molar-refractivity contribution in [2.24, 2.45) is 17.6 Å². The summed E-state index contributed by atoms with van der Waals surface area (Å²) in [7, 11) is 0. The number of alkyl halides is 2. The first-order chi connectivity index (χ1) is 5.13. The fourth-order valence-electron chi connectivity index (χ4n) is 1.64. The molecule has 4 heteroatoms. The Labute approximate surface area is 76.0 Å². The molecule has 1 aliphatic carbocycles. The largest absolute Gasteiger partial charge is 0.369 e. The topological polar surface area (TPSA) is 43.1 Å². The van der Waals surface area contributed by atoms with Crippen LogP contribution in [0.5, 0.6) is 0 Å². The Hall–Kier alpha value is 0.0500. The number of nitrogens with two attached hydrogens (primary N) is 1. The molecule has 0 saturated heterocycles. The molecule has 1 saturated carbocycles. The van der Waals surface area contributed by atoms with Gasteiger partial charge < -0.3 is 5.73 Å². The molecule has 11 heavy (non-hydrogen) atoms. The number of amides is 1. The molecule has 2 nitrogen and oxygen atoms in total. The Kier molecular flexibility index (Phi) is 3.02. The lowest BCUT2D eigenvalue weighted by atomic mass is 9.97. The molecule has 0 aromatic carbocycles. The van der Waals surface area contributed by atoms with Gasteiger partial charge >= 0.3 is 0 Å². The van der Waals surface area contributed by atoms with Crippen molar-refractivity contribution in [1.29, 1.82) is 0 Å². The lowest BCUT2D eigenvalue weighted by molar-refractivity contribution is -0.122. The smallest absolute Gasteiger partial charge is 0.220 e. The summed E-state index contributed by atoms with van der Waals surface area (Å²) in [6, 6.07) is 0. The Bertz CT molecular complexity index is 161. The maximum absolute atomic E-state index is 10.8. The van der Waals surface area contributed by atoms with Crippen LogP contribution in [0.25, 0.3) is 0 Å². The van der Waals surface area contributed by atoms with Crippen molar-refractivity contribution in [3.63, 3.8) is 0 Å². The zero-order valence-electron chi connectivity index (χ0n) is 6.09. The molecule has 1 fully saturated rings. The first kappa shape index (κ1) is 9.14. The van der Waals surface area contributed by atoms with E-state index < -0.39 is 4.84 Å². The summed E-state index contributed by atoms with van der Waals surface area (Å²) >= 11 is 11.4. The summed E-state index contributed by atoms with van der Waals surface area (Å²) in [5.74, 6) is -0.287. The molecule has 1 amide bonds. The number of carbonyl (C=O) groups excluding carboxylic acids is 1. The van der Waals surface area contributed by atoms with Gasteiger partial charge in [0.05, 0.1) is 0 Å². The van der Waals surface area contributed by atoms with Crippen molar-refractivity contribution in [2.45, 2.75) is 24.1 Å². The van der Waals surface area contributed by atoms with Crippen LogP contribution < -0.4 is 5.73 Å². The van der Waals surface area contributed by atoms with E-state index in [1.54, 1.807) is 0 Å². The summed E-state index contributed by atoms with van der Waals surface area (Å²) in [6.07, 6.45) is 2.77. The highest BCUT2D eigenvalue weighted by Gasteiger charge is 2.35. The SMILES string of the molecule is NC(=O)[C@@H]1CCC[C@@H]1C(Cl)Cl. The Morgan fingerprint density at radius 1 is 1.45 bits per heavy atom. The van der Waals surface area contributed by atoms with Gasteiger partial charge in [0, 0.05) is 11.8 Å². The van der Waals surface area contributed by atoms with Gasteiger partial charge in [-0.3, -0.25) is 4.79 Å². The van der Waals surface area contributed by atoms with Crippen LogP contribution in [-0.4, -0.2) is 10.7 Å². The maximum Gasteiger partial charge on any atom is 0.220 e. The zero-order chi connectivity index (χ0) is 8.43. The van der Waals surface area contributed by atoms with Crippen molar-refractivity contribution in [3.8, 4) is 0 Å². The van der Waals surface area contributed by atoms with E-state index in [0.29, 0.717) is 0 Å². The van der Waals surface area contributed by atoms with Crippen LogP contribution in [0.1, 0.15) is 19.3 Å². The van der Waals surface area contributed by atoms with Crippen LogP contribution >= 0.6 is 23.2 Å². The third kappa shape index (κ3) is 2.00. The standard InChI is InChI=1S/C7H11Cl2NO/c8-6(9)4-2-1-3-5(4)7(10)11/h4-6H,1-3H2,(H2,10,11)/t4-,5+/m0/s1. The summed E-state index contributed by atoms with van der Waals surface area (Å²) in [6.45, 7) is 0. The number of rotatable bonds is 2. The molecule has 0 aromatic rings. The van der Waals surface area contributed by atoms with Gasteiger partial charge in [0.2, 0.25) is 5.91 Å². The lowest BCUT2D eigenvalue weighted by Gasteiger charge is -2.16. The number of primary amides is 1. The predicted molar refractivity (Wildman–Crippen MR) is 45.5 cm³/mol. The minimum atomic E-state index is -0.449. The van der Waals surface area contributed by atoms with Crippen LogP contribution in [0, 0.1) is 11.8 Å². The van der Waals surface area contributed by atoms with E-state index in [1.165, 1.54) is 0 Å². The Morgan fingerprint density at radius 2 is 2.09 bits per heavy atom. The minimum absolute atomic E-state index is 0.0795. The minimum Gasteiger partial charge on any atom is -0.369 e. The first-order valence-electron chi connectivity index (χ1n) is 3.70. The van der Waals surface area contributed by atoms with Gasteiger partial charge in [-0.25, -0.2) is 0 Å². The van der Waals surface area contributed by atoms with E-state index in [4.69, 9.17) is 28.9 Å². The van der Waals surface area contributed by atoms with E-state index in [9.17, 15) is 4.79 Å². The van der Waals surface area contributed by atoms with E-state index in [0.717, 1.165) is 19.3 Å². The van der Waals surface area contributed by atoms with E-state index in [2.05, 4.69) is 0 Å². The van der Waals surface area contributed by atoms with Crippen molar-refractivity contribution < 1.29 is 4.79 Å². The second-order valence-corrected chi connectivity index (χ2v) is 4.10. The number of halogens is 2. The molecule has 0 unspecified atom stereocenters. The molecule has 0 aromatic heterocycles. The van der Waals surface area contributed by atoms with Gasteiger partial charge in [-0.1, -0.05) is 6.42 Å². The highest BCUT2D eigenvalue weighted by Crippen LogP contribution is 2.37. The summed E-state index contributed by atoms with van der Waals surface area (Å²) in [5.41, 5.74) is 5.17. The summed E-state index contributed by atoms with van der Waals surface area (Å²) in [4.78, 5) is 10.4. The molecule has 0 heterocycles. The number of carbonyl (C=O) groups is 1. The molecule has 1 aliphatic rings. The van der Waals surface area contributed by atoms with E-state index in [1.807, 2.05) is 0 Å².